The maximum absolute atomic E-state index is 12.4. The number of nitrogens with one attached hydrogen (secondary N) is 2. The van der Waals surface area contributed by atoms with E-state index in [9.17, 15) is 8.42 Å². The topological polar surface area (TPSA) is 58.2 Å². The van der Waals surface area contributed by atoms with E-state index in [0.29, 0.717) is 11.4 Å². The first-order valence-corrected chi connectivity index (χ1v) is 9.48. The Kier molecular flexibility index (Phi) is 4.80. The molecule has 0 fully saturated rings. The van der Waals surface area contributed by atoms with Crippen LogP contribution in [0.2, 0.25) is 0 Å². The zero-order valence-electron chi connectivity index (χ0n) is 13.2. The highest BCUT2D eigenvalue weighted by Gasteiger charge is 2.22. The van der Waals surface area contributed by atoms with Crippen LogP contribution in [0.4, 0.5) is 0 Å². The van der Waals surface area contributed by atoms with E-state index >= 15 is 0 Å². The fourth-order valence-electron chi connectivity index (χ4n) is 2.96. The number of hydrogen-bond acceptors (Lipinski definition) is 3. The van der Waals surface area contributed by atoms with E-state index in [1.165, 1.54) is 11.1 Å². The maximum atomic E-state index is 12.4. The average Bonchev–Trinajstić information content (AvgIpc) is 2.60. The molecule has 1 heterocycles. The standard InChI is InChI=1S/C18H22N2O2S/c1-2-14-7-9-16(10-8-14)23(21,22)20-13-18-17-6-4-3-5-15(17)11-12-19-18/h3-10,18-20H,2,11-13H2,1H3. The first kappa shape index (κ1) is 16.2. The lowest BCUT2D eigenvalue weighted by molar-refractivity contribution is 0.491. The smallest absolute Gasteiger partial charge is 0.240 e. The molecule has 3 rings (SSSR count). The van der Waals surface area contributed by atoms with Crippen LogP contribution < -0.4 is 10.0 Å². The maximum Gasteiger partial charge on any atom is 0.240 e. The molecule has 0 radical (unpaired) electrons. The van der Waals surface area contributed by atoms with E-state index in [4.69, 9.17) is 0 Å². The van der Waals surface area contributed by atoms with Crippen LogP contribution in [0, 0.1) is 0 Å². The normalized spacial score (nSPS) is 17.7. The Morgan fingerprint density at radius 3 is 2.61 bits per heavy atom. The van der Waals surface area contributed by atoms with Gasteiger partial charge in [0.05, 0.1) is 4.90 Å². The van der Waals surface area contributed by atoms with Gasteiger partial charge < -0.3 is 5.32 Å². The van der Waals surface area contributed by atoms with E-state index in [-0.39, 0.29) is 6.04 Å². The van der Waals surface area contributed by atoms with Crippen molar-refractivity contribution in [1.82, 2.24) is 10.0 Å². The molecule has 0 saturated heterocycles. The van der Waals surface area contributed by atoms with Gasteiger partial charge in [0.2, 0.25) is 10.0 Å². The minimum atomic E-state index is -3.48. The Morgan fingerprint density at radius 1 is 1.13 bits per heavy atom. The van der Waals surface area contributed by atoms with E-state index in [2.05, 4.69) is 22.2 Å². The van der Waals surface area contributed by atoms with Crippen molar-refractivity contribution in [2.45, 2.75) is 30.7 Å². The fourth-order valence-corrected chi connectivity index (χ4v) is 4.00. The van der Waals surface area contributed by atoms with Crippen LogP contribution in [0.5, 0.6) is 0 Å². The minimum Gasteiger partial charge on any atom is -0.308 e. The van der Waals surface area contributed by atoms with E-state index < -0.39 is 10.0 Å². The quantitative estimate of drug-likeness (QED) is 0.885. The molecule has 2 N–H and O–H groups in total. The molecule has 0 amide bonds. The van der Waals surface area contributed by atoms with Gasteiger partial charge in [-0.05, 0) is 48.2 Å². The van der Waals surface area contributed by atoms with Crippen LogP contribution in [-0.2, 0) is 22.9 Å². The first-order chi connectivity index (χ1) is 11.1. The Balaban J connectivity index is 1.72. The van der Waals surface area contributed by atoms with E-state index in [0.717, 1.165) is 24.9 Å². The molecule has 0 aromatic heterocycles. The van der Waals surface area contributed by atoms with Gasteiger partial charge in [-0.1, -0.05) is 43.3 Å². The molecule has 5 heteroatoms. The number of rotatable bonds is 5. The molecule has 0 saturated carbocycles. The molecule has 2 aromatic rings. The Hall–Kier alpha value is -1.69. The van der Waals surface area contributed by atoms with Crippen molar-refractivity contribution in [2.24, 2.45) is 0 Å². The van der Waals surface area contributed by atoms with Crippen molar-refractivity contribution in [3.05, 3.63) is 65.2 Å². The molecule has 1 aliphatic rings. The lowest BCUT2D eigenvalue weighted by atomic mass is 9.95. The number of aryl methyl sites for hydroxylation is 1. The summed E-state index contributed by atoms with van der Waals surface area (Å²) in [7, 11) is -3.48. The summed E-state index contributed by atoms with van der Waals surface area (Å²) in [5.74, 6) is 0. The van der Waals surface area contributed by atoms with Gasteiger partial charge in [-0.15, -0.1) is 0 Å². The predicted molar refractivity (Wildman–Crippen MR) is 91.9 cm³/mol. The molecule has 0 spiro atoms. The summed E-state index contributed by atoms with van der Waals surface area (Å²) in [6.07, 6.45) is 1.88. The summed E-state index contributed by atoms with van der Waals surface area (Å²) in [5, 5.41) is 3.39. The van der Waals surface area contributed by atoms with E-state index in [1.54, 1.807) is 12.1 Å². The summed E-state index contributed by atoms with van der Waals surface area (Å²) >= 11 is 0. The second kappa shape index (κ2) is 6.83. The van der Waals surface area contributed by atoms with Gasteiger partial charge in [-0.25, -0.2) is 13.1 Å². The third kappa shape index (κ3) is 3.63. The number of hydrogen-bond donors (Lipinski definition) is 2. The summed E-state index contributed by atoms with van der Waals surface area (Å²) in [6, 6.07) is 15.3. The van der Waals surface area contributed by atoms with Gasteiger partial charge in [0, 0.05) is 12.6 Å². The molecule has 1 aliphatic heterocycles. The van der Waals surface area contributed by atoms with Crippen molar-refractivity contribution in [2.75, 3.05) is 13.1 Å². The summed E-state index contributed by atoms with van der Waals surface area (Å²) in [6.45, 7) is 3.28. The average molecular weight is 330 g/mol. The summed E-state index contributed by atoms with van der Waals surface area (Å²) in [4.78, 5) is 0.318. The van der Waals surface area contributed by atoms with Crippen LogP contribution >= 0.6 is 0 Å². The molecule has 122 valence electrons. The van der Waals surface area contributed by atoms with Gasteiger partial charge in [0.25, 0.3) is 0 Å². The fraction of sp³-hybridized carbons (Fsp3) is 0.333. The third-order valence-electron chi connectivity index (χ3n) is 4.33. The van der Waals surface area contributed by atoms with Crippen molar-refractivity contribution in [1.29, 1.82) is 0 Å². The second-order valence-corrected chi connectivity index (χ2v) is 7.57. The van der Waals surface area contributed by atoms with Crippen molar-refractivity contribution in [3.8, 4) is 0 Å². The molecule has 1 atom stereocenters. The van der Waals surface area contributed by atoms with Gasteiger partial charge in [0.15, 0.2) is 0 Å². The molecular formula is C18H22N2O2S. The molecule has 1 unspecified atom stereocenters. The highest BCUT2D eigenvalue weighted by atomic mass is 32.2. The van der Waals surface area contributed by atoms with Crippen LogP contribution in [0.15, 0.2) is 53.4 Å². The predicted octanol–water partition coefficient (Wildman–Crippen LogP) is 2.41. The van der Waals surface area contributed by atoms with Gasteiger partial charge >= 0.3 is 0 Å². The van der Waals surface area contributed by atoms with Gasteiger partial charge in [0.1, 0.15) is 0 Å². The highest BCUT2D eigenvalue weighted by molar-refractivity contribution is 7.89. The summed E-state index contributed by atoms with van der Waals surface area (Å²) in [5.41, 5.74) is 3.61. The van der Waals surface area contributed by atoms with Crippen molar-refractivity contribution >= 4 is 10.0 Å². The minimum absolute atomic E-state index is 0.0182. The molecule has 2 aromatic carbocycles. The Labute approximate surface area is 138 Å². The molecular weight excluding hydrogens is 308 g/mol. The number of benzene rings is 2. The second-order valence-electron chi connectivity index (χ2n) is 5.80. The van der Waals surface area contributed by atoms with Crippen LogP contribution in [0.1, 0.15) is 29.7 Å². The summed E-state index contributed by atoms with van der Waals surface area (Å²) < 4.78 is 27.6. The van der Waals surface area contributed by atoms with E-state index in [1.807, 2.05) is 31.2 Å². The monoisotopic (exact) mass is 330 g/mol. The van der Waals surface area contributed by atoms with Gasteiger partial charge in [-0.3, -0.25) is 0 Å². The molecule has 4 nitrogen and oxygen atoms in total. The lowest BCUT2D eigenvalue weighted by Crippen LogP contribution is -2.38. The van der Waals surface area contributed by atoms with Crippen molar-refractivity contribution < 1.29 is 8.42 Å². The number of fused-ring (bicyclic) bond motifs is 1. The first-order valence-electron chi connectivity index (χ1n) is 8.00. The van der Waals surface area contributed by atoms with Crippen LogP contribution in [0.25, 0.3) is 0 Å². The zero-order chi connectivity index (χ0) is 16.3. The Morgan fingerprint density at radius 2 is 1.87 bits per heavy atom. The molecule has 0 aliphatic carbocycles. The highest BCUT2D eigenvalue weighted by Crippen LogP contribution is 2.22. The van der Waals surface area contributed by atoms with Gasteiger partial charge in [-0.2, -0.15) is 0 Å². The van der Waals surface area contributed by atoms with Crippen LogP contribution in [-0.4, -0.2) is 21.5 Å². The lowest BCUT2D eigenvalue weighted by Gasteiger charge is -2.27. The Bertz CT molecular complexity index is 770. The third-order valence-corrected chi connectivity index (χ3v) is 5.77. The number of sulfonamides is 1. The van der Waals surface area contributed by atoms with Crippen molar-refractivity contribution in [3.63, 3.8) is 0 Å². The molecule has 0 bridgehead atoms. The zero-order valence-corrected chi connectivity index (χ0v) is 14.1. The molecule has 23 heavy (non-hydrogen) atoms. The van der Waals surface area contributed by atoms with Crippen LogP contribution in [0.3, 0.4) is 0 Å². The largest absolute Gasteiger partial charge is 0.308 e. The SMILES string of the molecule is CCc1ccc(S(=O)(=O)NCC2NCCc3ccccc32)cc1.